The van der Waals surface area contributed by atoms with Gasteiger partial charge in [-0.25, -0.2) is 9.50 Å². The quantitative estimate of drug-likeness (QED) is 0.645. The molecule has 6 nitrogen and oxygen atoms in total. The lowest BCUT2D eigenvalue weighted by Gasteiger charge is -2.23. The fourth-order valence-electron chi connectivity index (χ4n) is 3.13. The Balaban J connectivity index is 1.97. The molecule has 0 bridgehead atoms. The summed E-state index contributed by atoms with van der Waals surface area (Å²) in [5.41, 5.74) is 4.69. The highest BCUT2D eigenvalue weighted by molar-refractivity contribution is 7.98. The molecule has 0 aliphatic heterocycles. The number of fused-ring (bicyclic) bond motifs is 1. The van der Waals surface area contributed by atoms with Crippen LogP contribution in [0, 0.1) is 20.8 Å². The first-order valence-electron chi connectivity index (χ1n) is 8.59. The van der Waals surface area contributed by atoms with Crippen molar-refractivity contribution < 1.29 is 4.79 Å². The third-order valence-electron chi connectivity index (χ3n) is 4.56. The van der Waals surface area contributed by atoms with E-state index in [9.17, 15) is 4.79 Å². The van der Waals surface area contributed by atoms with Crippen molar-refractivity contribution in [2.24, 2.45) is 0 Å². The summed E-state index contributed by atoms with van der Waals surface area (Å²) >= 11 is 1.48. The molecule has 0 spiro atoms. The molecule has 1 aromatic carbocycles. The average molecular weight is 369 g/mol. The number of thioether (sulfide) groups is 1. The van der Waals surface area contributed by atoms with E-state index in [4.69, 9.17) is 0 Å². The van der Waals surface area contributed by atoms with E-state index >= 15 is 0 Å². The fraction of sp³-hybridized carbons (Fsp3) is 0.368. The average Bonchev–Trinajstić information content (AvgIpc) is 3.04. The van der Waals surface area contributed by atoms with Crippen LogP contribution in [0.5, 0.6) is 0 Å². The predicted octanol–water partition coefficient (Wildman–Crippen LogP) is 3.37. The molecule has 3 aromatic rings. The topological polar surface area (TPSA) is 63.4 Å². The number of anilines is 1. The van der Waals surface area contributed by atoms with Crippen molar-refractivity contribution >= 4 is 29.1 Å². The molecule has 136 valence electrons. The highest BCUT2D eigenvalue weighted by Crippen LogP contribution is 2.22. The Labute approximate surface area is 157 Å². The zero-order valence-corrected chi connectivity index (χ0v) is 16.6. The number of hydrogen-bond acceptors (Lipinski definition) is 5. The first kappa shape index (κ1) is 18.4. The lowest BCUT2D eigenvalue weighted by atomic mass is 10.1. The van der Waals surface area contributed by atoms with Crippen LogP contribution in [0.25, 0.3) is 5.78 Å². The number of likely N-dealkylation sites (N-methyl/N-ethyl adjacent to an activating group) is 1. The van der Waals surface area contributed by atoms with Crippen molar-refractivity contribution in [2.75, 3.05) is 17.7 Å². The SMILES string of the molecule is CCN(C(=O)Cc1c(C)nc2nc(SC)nn2c1C)c1ccccc1C. The minimum Gasteiger partial charge on any atom is -0.312 e. The first-order valence-corrected chi connectivity index (χ1v) is 9.81. The van der Waals surface area contributed by atoms with Crippen LogP contribution in [0.15, 0.2) is 29.4 Å². The van der Waals surface area contributed by atoms with Gasteiger partial charge in [-0.2, -0.15) is 4.98 Å². The van der Waals surface area contributed by atoms with Gasteiger partial charge in [0.05, 0.1) is 6.42 Å². The number of hydrogen-bond donors (Lipinski definition) is 0. The summed E-state index contributed by atoms with van der Waals surface area (Å²) in [5, 5.41) is 5.14. The number of rotatable bonds is 5. The van der Waals surface area contributed by atoms with Gasteiger partial charge in [-0.15, -0.1) is 5.10 Å². The van der Waals surface area contributed by atoms with Gasteiger partial charge in [-0.1, -0.05) is 30.0 Å². The maximum Gasteiger partial charge on any atom is 0.253 e. The molecule has 0 atom stereocenters. The molecule has 0 saturated carbocycles. The van der Waals surface area contributed by atoms with Crippen LogP contribution in [-0.2, 0) is 11.2 Å². The van der Waals surface area contributed by atoms with Gasteiger partial charge < -0.3 is 4.90 Å². The largest absolute Gasteiger partial charge is 0.312 e. The molecule has 0 saturated heterocycles. The Kier molecular flexibility index (Phi) is 5.27. The molecule has 7 heteroatoms. The van der Waals surface area contributed by atoms with Gasteiger partial charge in [0.25, 0.3) is 5.78 Å². The van der Waals surface area contributed by atoms with E-state index in [1.165, 1.54) is 11.8 Å². The van der Waals surface area contributed by atoms with Crippen LogP contribution in [0.3, 0.4) is 0 Å². The highest BCUT2D eigenvalue weighted by atomic mass is 32.2. The van der Waals surface area contributed by atoms with Crippen molar-refractivity contribution in [2.45, 2.75) is 39.3 Å². The molecule has 1 amide bonds. The van der Waals surface area contributed by atoms with Crippen LogP contribution in [0.4, 0.5) is 5.69 Å². The molecule has 2 aromatic heterocycles. The summed E-state index contributed by atoms with van der Waals surface area (Å²) in [6.45, 7) is 8.53. The Morgan fingerprint density at radius 1 is 1.19 bits per heavy atom. The number of nitrogens with zero attached hydrogens (tertiary/aromatic N) is 5. The Morgan fingerprint density at radius 3 is 2.58 bits per heavy atom. The second-order valence-corrected chi connectivity index (χ2v) is 6.95. The Hall–Kier alpha value is -2.41. The van der Waals surface area contributed by atoms with Gasteiger partial charge in [-0.3, -0.25) is 4.79 Å². The second-order valence-electron chi connectivity index (χ2n) is 6.17. The number of carbonyl (C=O) groups is 1. The number of carbonyl (C=O) groups excluding carboxylic acids is 1. The van der Waals surface area contributed by atoms with Gasteiger partial charge in [-0.05, 0) is 45.6 Å². The van der Waals surface area contributed by atoms with Gasteiger partial charge in [0.1, 0.15) is 0 Å². The molecule has 0 N–H and O–H groups in total. The summed E-state index contributed by atoms with van der Waals surface area (Å²) in [4.78, 5) is 23.8. The van der Waals surface area contributed by atoms with E-state index in [0.29, 0.717) is 17.5 Å². The smallest absolute Gasteiger partial charge is 0.253 e. The number of aromatic nitrogens is 4. The maximum atomic E-state index is 13.0. The van der Waals surface area contributed by atoms with Crippen molar-refractivity contribution in [3.63, 3.8) is 0 Å². The van der Waals surface area contributed by atoms with E-state index in [-0.39, 0.29) is 12.3 Å². The van der Waals surface area contributed by atoms with E-state index < -0.39 is 0 Å². The van der Waals surface area contributed by atoms with Crippen LogP contribution in [0.2, 0.25) is 0 Å². The van der Waals surface area contributed by atoms with Crippen molar-refractivity contribution in [1.82, 2.24) is 19.6 Å². The Morgan fingerprint density at radius 2 is 1.92 bits per heavy atom. The number of amides is 1. The maximum absolute atomic E-state index is 13.0. The molecule has 3 rings (SSSR count). The number of benzene rings is 1. The van der Waals surface area contributed by atoms with Crippen LogP contribution in [0.1, 0.15) is 29.4 Å². The summed E-state index contributed by atoms with van der Waals surface area (Å²) in [7, 11) is 0. The first-order chi connectivity index (χ1) is 12.5. The minimum absolute atomic E-state index is 0.0550. The zero-order chi connectivity index (χ0) is 18.8. The van der Waals surface area contributed by atoms with E-state index in [2.05, 4.69) is 15.1 Å². The normalized spacial score (nSPS) is 11.1. The monoisotopic (exact) mass is 369 g/mol. The summed E-state index contributed by atoms with van der Waals surface area (Å²) in [5.74, 6) is 0.631. The lowest BCUT2D eigenvalue weighted by Crippen LogP contribution is -2.33. The number of aryl methyl sites for hydroxylation is 3. The minimum atomic E-state index is 0.0550. The molecule has 0 fully saturated rings. The molecular formula is C19H23N5OS. The van der Waals surface area contributed by atoms with Gasteiger partial charge in [0.15, 0.2) is 0 Å². The van der Waals surface area contributed by atoms with E-state index in [1.54, 1.807) is 4.52 Å². The van der Waals surface area contributed by atoms with Crippen LogP contribution >= 0.6 is 11.8 Å². The molecule has 0 aliphatic rings. The van der Waals surface area contributed by atoms with E-state index in [1.807, 2.05) is 63.1 Å². The molecular weight excluding hydrogens is 346 g/mol. The number of para-hydroxylation sites is 1. The summed E-state index contributed by atoms with van der Waals surface area (Å²) < 4.78 is 1.73. The van der Waals surface area contributed by atoms with Crippen molar-refractivity contribution in [1.29, 1.82) is 0 Å². The lowest BCUT2D eigenvalue weighted by molar-refractivity contribution is -0.118. The van der Waals surface area contributed by atoms with Gasteiger partial charge in [0, 0.05) is 29.2 Å². The van der Waals surface area contributed by atoms with Crippen molar-refractivity contribution in [3.05, 3.63) is 46.8 Å². The highest BCUT2D eigenvalue weighted by Gasteiger charge is 2.20. The van der Waals surface area contributed by atoms with E-state index in [0.717, 1.165) is 28.2 Å². The standard InChI is InChI=1S/C19H23N5OS/c1-6-23(16-10-8-7-9-12(16)2)17(25)11-15-13(3)20-18-21-19(26-5)22-24(18)14(15)4/h7-10H,6,11H2,1-5H3. The van der Waals surface area contributed by atoms with Gasteiger partial charge in [0.2, 0.25) is 11.1 Å². The third-order valence-corrected chi connectivity index (χ3v) is 5.10. The van der Waals surface area contributed by atoms with Crippen molar-refractivity contribution in [3.8, 4) is 0 Å². The summed E-state index contributed by atoms with van der Waals surface area (Å²) in [6, 6.07) is 7.95. The van der Waals surface area contributed by atoms with Gasteiger partial charge >= 0.3 is 0 Å². The molecule has 0 aliphatic carbocycles. The third kappa shape index (κ3) is 3.31. The molecule has 0 unspecified atom stereocenters. The molecule has 2 heterocycles. The Bertz CT molecular complexity index is 966. The fourth-order valence-corrected chi connectivity index (χ4v) is 3.46. The zero-order valence-electron chi connectivity index (χ0n) is 15.8. The summed E-state index contributed by atoms with van der Waals surface area (Å²) in [6.07, 6.45) is 2.22. The molecule has 0 radical (unpaired) electrons. The predicted molar refractivity (Wildman–Crippen MR) is 105 cm³/mol. The van der Waals surface area contributed by atoms with Crippen LogP contribution < -0.4 is 4.90 Å². The molecule has 26 heavy (non-hydrogen) atoms. The second kappa shape index (κ2) is 7.45. The van der Waals surface area contributed by atoms with Crippen LogP contribution in [-0.4, -0.2) is 38.3 Å².